The van der Waals surface area contributed by atoms with Crippen LogP contribution in [0.2, 0.25) is 0 Å². The number of alkyl carbamates (subject to hydrolysis) is 1. The summed E-state index contributed by atoms with van der Waals surface area (Å²) in [5, 5.41) is 6.72. The van der Waals surface area contributed by atoms with Crippen LogP contribution < -0.4 is 10.6 Å². The molecule has 0 bridgehead atoms. The molecule has 1 aliphatic carbocycles. The van der Waals surface area contributed by atoms with Crippen molar-refractivity contribution in [1.29, 1.82) is 0 Å². The van der Waals surface area contributed by atoms with Gasteiger partial charge in [0.25, 0.3) is 0 Å². The summed E-state index contributed by atoms with van der Waals surface area (Å²) in [6.45, 7) is 10.0. The molecule has 1 aliphatic rings. The van der Waals surface area contributed by atoms with Gasteiger partial charge < -0.3 is 15.4 Å². The third-order valence-electron chi connectivity index (χ3n) is 4.12. The summed E-state index contributed by atoms with van der Waals surface area (Å²) in [4.78, 5) is 14.6. The van der Waals surface area contributed by atoms with Crippen molar-refractivity contribution in [2.45, 2.75) is 84.0 Å². The van der Waals surface area contributed by atoms with Gasteiger partial charge in [-0.05, 0) is 72.4 Å². The molecule has 0 aromatic carbocycles. The zero-order valence-corrected chi connectivity index (χ0v) is 15.8. The zero-order valence-electron chi connectivity index (χ0n) is 14.9. The highest BCUT2D eigenvalue weighted by Crippen LogP contribution is 2.26. The zero-order chi connectivity index (χ0) is 17.0. The third-order valence-corrected chi connectivity index (χ3v) is 5.31. The van der Waals surface area contributed by atoms with Gasteiger partial charge in [0, 0.05) is 27.9 Å². The van der Waals surface area contributed by atoms with Crippen molar-refractivity contribution in [2.24, 2.45) is 0 Å². The van der Waals surface area contributed by atoms with Crippen LogP contribution in [0.25, 0.3) is 0 Å². The minimum atomic E-state index is -0.433. The van der Waals surface area contributed by atoms with Gasteiger partial charge in [-0.15, -0.1) is 11.3 Å². The molecule has 4 nitrogen and oxygen atoms in total. The lowest BCUT2D eigenvalue weighted by atomic mass is 9.91. The Morgan fingerprint density at radius 3 is 2.35 bits per heavy atom. The van der Waals surface area contributed by atoms with E-state index in [1.165, 1.54) is 9.75 Å². The Morgan fingerprint density at radius 1 is 1.22 bits per heavy atom. The average Bonchev–Trinajstić information content (AvgIpc) is 2.85. The monoisotopic (exact) mass is 338 g/mol. The quantitative estimate of drug-likeness (QED) is 0.847. The Balaban J connectivity index is 1.72. The first-order chi connectivity index (χ1) is 10.7. The molecular formula is C18H30N2O2S. The van der Waals surface area contributed by atoms with Crippen LogP contribution >= 0.6 is 11.3 Å². The Hall–Kier alpha value is -1.07. The topological polar surface area (TPSA) is 50.4 Å². The third kappa shape index (κ3) is 6.15. The van der Waals surface area contributed by atoms with Crippen molar-refractivity contribution < 1.29 is 9.53 Å². The maximum Gasteiger partial charge on any atom is 0.407 e. The van der Waals surface area contributed by atoms with Crippen LogP contribution in [0.1, 0.15) is 69.2 Å². The lowest BCUT2D eigenvalue weighted by Gasteiger charge is -2.32. The molecule has 130 valence electrons. The van der Waals surface area contributed by atoms with E-state index in [0.29, 0.717) is 12.1 Å². The van der Waals surface area contributed by atoms with E-state index in [1.54, 1.807) is 0 Å². The molecule has 5 heteroatoms. The number of amides is 1. The maximum atomic E-state index is 11.8. The second-order valence-electron chi connectivity index (χ2n) is 7.53. The number of thiophene rings is 1. The molecule has 1 heterocycles. The molecule has 1 saturated carbocycles. The van der Waals surface area contributed by atoms with Crippen molar-refractivity contribution in [3.05, 3.63) is 21.9 Å². The van der Waals surface area contributed by atoms with E-state index in [2.05, 4.69) is 36.6 Å². The Kier molecular flexibility index (Phi) is 6.09. The molecule has 23 heavy (non-hydrogen) atoms. The summed E-state index contributed by atoms with van der Waals surface area (Å²) in [7, 11) is 0. The molecule has 0 aliphatic heterocycles. The highest BCUT2D eigenvalue weighted by atomic mass is 32.1. The molecule has 1 amide bonds. The number of nitrogens with one attached hydrogen (secondary N) is 2. The van der Waals surface area contributed by atoms with Gasteiger partial charge in [0.05, 0.1) is 0 Å². The van der Waals surface area contributed by atoms with Gasteiger partial charge >= 0.3 is 6.09 Å². The van der Waals surface area contributed by atoms with E-state index in [4.69, 9.17) is 4.74 Å². The van der Waals surface area contributed by atoms with Gasteiger partial charge in [-0.3, -0.25) is 0 Å². The number of aryl methyl sites for hydroxylation is 1. The summed E-state index contributed by atoms with van der Waals surface area (Å²) >= 11 is 1.86. The fraction of sp³-hybridized carbons (Fsp3) is 0.722. The molecule has 2 rings (SSSR count). The molecule has 2 N–H and O–H groups in total. The number of carbonyl (C=O) groups excluding carboxylic acids is 1. The molecule has 1 atom stereocenters. The van der Waals surface area contributed by atoms with Crippen LogP contribution in [0.3, 0.4) is 0 Å². The molecule has 1 unspecified atom stereocenters. The summed E-state index contributed by atoms with van der Waals surface area (Å²) in [6.07, 6.45) is 3.90. The predicted octanol–water partition coefficient (Wildman–Crippen LogP) is 4.54. The van der Waals surface area contributed by atoms with Crippen LogP contribution in [0, 0.1) is 6.92 Å². The summed E-state index contributed by atoms with van der Waals surface area (Å²) < 4.78 is 5.33. The number of rotatable bonds is 4. The second kappa shape index (κ2) is 7.67. The summed E-state index contributed by atoms with van der Waals surface area (Å²) in [5.74, 6) is 0. The van der Waals surface area contributed by atoms with Gasteiger partial charge in [0.1, 0.15) is 5.60 Å². The standard InChI is InChI=1S/C18H30N2O2S/c1-12-6-11-16(23-12)13(2)19-14-7-9-15(10-8-14)20-17(21)22-18(3,4)5/h6,11,13-15,19H,7-10H2,1-5H3,(H,20,21). The number of hydrogen-bond donors (Lipinski definition) is 2. The molecule has 0 radical (unpaired) electrons. The van der Waals surface area contributed by atoms with Crippen molar-refractivity contribution in [3.8, 4) is 0 Å². The van der Waals surface area contributed by atoms with Crippen LogP contribution in [0.5, 0.6) is 0 Å². The van der Waals surface area contributed by atoms with E-state index in [0.717, 1.165) is 25.7 Å². The molecule has 0 spiro atoms. The minimum Gasteiger partial charge on any atom is -0.444 e. The van der Waals surface area contributed by atoms with Gasteiger partial charge in [0.2, 0.25) is 0 Å². The fourth-order valence-corrected chi connectivity index (χ4v) is 3.89. The lowest BCUT2D eigenvalue weighted by molar-refractivity contribution is 0.0489. The van der Waals surface area contributed by atoms with Crippen molar-refractivity contribution in [3.63, 3.8) is 0 Å². The number of carbonyl (C=O) groups is 1. The van der Waals surface area contributed by atoms with Crippen LogP contribution in [-0.2, 0) is 4.74 Å². The van der Waals surface area contributed by atoms with Gasteiger partial charge in [-0.1, -0.05) is 0 Å². The highest BCUT2D eigenvalue weighted by molar-refractivity contribution is 7.12. The first kappa shape index (κ1) is 18.3. The molecular weight excluding hydrogens is 308 g/mol. The lowest BCUT2D eigenvalue weighted by Crippen LogP contribution is -2.44. The first-order valence-corrected chi connectivity index (χ1v) is 9.36. The average molecular weight is 339 g/mol. The normalized spacial score (nSPS) is 23.3. The van der Waals surface area contributed by atoms with Crippen LogP contribution in [0.15, 0.2) is 12.1 Å². The molecule has 1 aromatic rings. The largest absolute Gasteiger partial charge is 0.444 e. The molecule has 0 saturated heterocycles. The SMILES string of the molecule is Cc1ccc(C(C)NC2CCC(NC(=O)OC(C)(C)C)CC2)s1. The molecule has 1 fully saturated rings. The van der Waals surface area contributed by atoms with Crippen LogP contribution in [0.4, 0.5) is 4.79 Å². The first-order valence-electron chi connectivity index (χ1n) is 8.55. The van der Waals surface area contributed by atoms with Crippen molar-refractivity contribution in [2.75, 3.05) is 0 Å². The van der Waals surface area contributed by atoms with E-state index < -0.39 is 5.60 Å². The Morgan fingerprint density at radius 2 is 1.83 bits per heavy atom. The minimum absolute atomic E-state index is 0.238. The Labute approximate surface area is 144 Å². The smallest absolute Gasteiger partial charge is 0.407 e. The predicted molar refractivity (Wildman–Crippen MR) is 96.0 cm³/mol. The van der Waals surface area contributed by atoms with Gasteiger partial charge in [0.15, 0.2) is 0 Å². The molecule has 1 aromatic heterocycles. The van der Waals surface area contributed by atoms with E-state index in [1.807, 2.05) is 32.1 Å². The van der Waals surface area contributed by atoms with E-state index in [9.17, 15) is 4.79 Å². The maximum absolute atomic E-state index is 11.8. The van der Waals surface area contributed by atoms with Gasteiger partial charge in [-0.25, -0.2) is 4.79 Å². The van der Waals surface area contributed by atoms with E-state index in [-0.39, 0.29) is 12.1 Å². The summed E-state index contributed by atoms with van der Waals surface area (Å²) in [6, 6.07) is 5.56. The number of ether oxygens (including phenoxy) is 1. The van der Waals surface area contributed by atoms with Gasteiger partial charge in [-0.2, -0.15) is 0 Å². The fourth-order valence-electron chi connectivity index (χ4n) is 3.00. The Bertz CT molecular complexity index is 513. The van der Waals surface area contributed by atoms with E-state index >= 15 is 0 Å². The van der Waals surface area contributed by atoms with Crippen molar-refractivity contribution in [1.82, 2.24) is 10.6 Å². The second-order valence-corrected chi connectivity index (χ2v) is 8.85. The van der Waals surface area contributed by atoms with Crippen LogP contribution in [-0.4, -0.2) is 23.8 Å². The summed E-state index contributed by atoms with van der Waals surface area (Å²) in [5.41, 5.74) is -0.433. The number of hydrogen-bond acceptors (Lipinski definition) is 4. The highest BCUT2D eigenvalue weighted by Gasteiger charge is 2.25. The van der Waals surface area contributed by atoms with Crippen molar-refractivity contribution >= 4 is 17.4 Å².